The average Bonchev–Trinajstić information content (AvgIpc) is 2.84. The van der Waals surface area contributed by atoms with Gasteiger partial charge in [-0.25, -0.2) is 13.4 Å². The number of nitrogens with zero attached hydrogens (tertiary/aromatic N) is 2. The maximum Gasteiger partial charge on any atom is 0.202 e. The molecule has 0 saturated heterocycles. The Labute approximate surface area is 118 Å². The van der Waals surface area contributed by atoms with E-state index in [0.29, 0.717) is 12.5 Å². The fourth-order valence-electron chi connectivity index (χ4n) is 2.14. The van der Waals surface area contributed by atoms with Crippen molar-refractivity contribution in [2.45, 2.75) is 33.1 Å². The molecule has 0 spiro atoms. The number of hydrogen-bond acceptors (Lipinski definition) is 6. The minimum absolute atomic E-state index is 0.0720. The van der Waals surface area contributed by atoms with Crippen LogP contribution < -0.4 is 5.32 Å². The highest BCUT2D eigenvalue weighted by atomic mass is 32.2. The van der Waals surface area contributed by atoms with Crippen LogP contribution in [-0.4, -0.2) is 36.3 Å². The maximum absolute atomic E-state index is 11.4. The molecule has 1 fully saturated rings. The van der Waals surface area contributed by atoms with Crippen LogP contribution >= 0.6 is 11.5 Å². The van der Waals surface area contributed by atoms with E-state index < -0.39 is 9.84 Å². The third kappa shape index (κ3) is 4.72. The Bertz CT molecular complexity index is 533. The van der Waals surface area contributed by atoms with E-state index in [-0.39, 0.29) is 11.2 Å². The molecule has 1 aliphatic carbocycles. The summed E-state index contributed by atoms with van der Waals surface area (Å²) in [6.07, 6.45) is 4.14. The molecule has 0 aliphatic heterocycles. The van der Waals surface area contributed by atoms with Gasteiger partial charge < -0.3 is 5.32 Å². The zero-order valence-corrected chi connectivity index (χ0v) is 13.3. The lowest BCUT2D eigenvalue weighted by molar-refractivity contribution is 0.560. The largest absolute Gasteiger partial charge is 0.360 e. The molecule has 1 N–H and O–H groups in total. The van der Waals surface area contributed by atoms with Crippen molar-refractivity contribution in [1.29, 1.82) is 0 Å². The average molecular weight is 303 g/mol. The standard InChI is InChI=1S/C12H21N3O2S2/c1-9(2)6-10-14-11(18-15-10)13-7-12(4-5-12)8-19(3,16)17/h9H,4-8H2,1-3H3,(H,13,14,15). The van der Waals surface area contributed by atoms with Crippen LogP contribution in [0.2, 0.25) is 0 Å². The number of anilines is 1. The van der Waals surface area contributed by atoms with Crippen LogP contribution in [0.25, 0.3) is 0 Å². The van der Waals surface area contributed by atoms with Crippen molar-refractivity contribution in [3.8, 4) is 0 Å². The summed E-state index contributed by atoms with van der Waals surface area (Å²) in [6, 6.07) is 0. The van der Waals surface area contributed by atoms with Gasteiger partial charge in [0.25, 0.3) is 0 Å². The number of hydrogen-bond donors (Lipinski definition) is 1. The monoisotopic (exact) mass is 303 g/mol. The van der Waals surface area contributed by atoms with Gasteiger partial charge in [0.1, 0.15) is 15.7 Å². The second kappa shape index (κ2) is 5.36. The van der Waals surface area contributed by atoms with Crippen molar-refractivity contribution in [3.05, 3.63) is 5.82 Å². The van der Waals surface area contributed by atoms with E-state index in [9.17, 15) is 8.42 Å². The zero-order valence-electron chi connectivity index (χ0n) is 11.6. The van der Waals surface area contributed by atoms with Crippen molar-refractivity contribution < 1.29 is 8.42 Å². The summed E-state index contributed by atoms with van der Waals surface area (Å²) in [5.41, 5.74) is -0.0720. The molecule has 0 bridgehead atoms. The molecule has 2 rings (SSSR count). The molecule has 1 aromatic heterocycles. The van der Waals surface area contributed by atoms with E-state index in [1.54, 1.807) is 0 Å². The number of sulfone groups is 1. The number of nitrogens with one attached hydrogen (secondary N) is 1. The van der Waals surface area contributed by atoms with Crippen LogP contribution in [0.5, 0.6) is 0 Å². The van der Waals surface area contributed by atoms with Crippen molar-refractivity contribution >= 4 is 26.5 Å². The topological polar surface area (TPSA) is 72.0 Å². The highest BCUT2D eigenvalue weighted by Crippen LogP contribution is 2.46. The summed E-state index contributed by atoms with van der Waals surface area (Å²) in [4.78, 5) is 4.42. The molecule has 1 aliphatic rings. The molecule has 0 radical (unpaired) electrons. The van der Waals surface area contributed by atoms with Gasteiger partial charge in [0.15, 0.2) is 0 Å². The van der Waals surface area contributed by atoms with Gasteiger partial charge >= 0.3 is 0 Å². The summed E-state index contributed by atoms with van der Waals surface area (Å²) >= 11 is 1.36. The van der Waals surface area contributed by atoms with Crippen molar-refractivity contribution in [2.75, 3.05) is 23.9 Å². The Morgan fingerprint density at radius 1 is 1.42 bits per heavy atom. The van der Waals surface area contributed by atoms with Crippen molar-refractivity contribution in [1.82, 2.24) is 9.36 Å². The van der Waals surface area contributed by atoms with E-state index in [1.807, 2.05) is 0 Å². The maximum atomic E-state index is 11.4. The van der Waals surface area contributed by atoms with Crippen molar-refractivity contribution in [2.24, 2.45) is 11.3 Å². The molecule has 0 aromatic carbocycles. The number of aromatic nitrogens is 2. The van der Waals surface area contributed by atoms with Gasteiger partial charge in [-0.1, -0.05) is 13.8 Å². The first kappa shape index (κ1) is 14.7. The quantitative estimate of drug-likeness (QED) is 0.834. The summed E-state index contributed by atoms with van der Waals surface area (Å²) in [5, 5.41) is 4.05. The number of rotatable bonds is 7. The molecule has 1 heterocycles. The first-order valence-electron chi connectivity index (χ1n) is 6.52. The first-order valence-corrected chi connectivity index (χ1v) is 9.36. The van der Waals surface area contributed by atoms with E-state index in [0.717, 1.165) is 30.2 Å². The summed E-state index contributed by atoms with van der Waals surface area (Å²) in [5.74, 6) is 1.68. The zero-order chi connectivity index (χ0) is 14.1. The molecule has 5 nitrogen and oxygen atoms in total. The molecule has 0 unspecified atom stereocenters. The minimum Gasteiger partial charge on any atom is -0.360 e. The normalized spacial score (nSPS) is 17.7. The Kier molecular flexibility index (Phi) is 4.15. The lowest BCUT2D eigenvalue weighted by atomic mass is 10.1. The van der Waals surface area contributed by atoms with Crippen LogP contribution in [0.4, 0.5) is 5.13 Å². The van der Waals surface area contributed by atoms with E-state index in [1.165, 1.54) is 17.8 Å². The Morgan fingerprint density at radius 2 is 2.11 bits per heavy atom. The molecule has 1 saturated carbocycles. The first-order chi connectivity index (χ1) is 8.78. The predicted molar refractivity (Wildman–Crippen MR) is 78.3 cm³/mol. The second-order valence-electron chi connectivity index (χ2n) is 6.04. The van der Waals surface area contributed by atoms with Gasteiger partial charge in [-0.15, -0.1) is 0 Å². The molecule has 19 heavy (non-hydrogen) atoms. The highest BCUT2D eigenvalue weighted by molar-refractivity contribution is 7.90. The third-order valence-corrected chi connectivity index (χ3v) is 5.05. The molecule has 1 aromatic rings. The van der Waals surface area contributed by atoms with Gasteiger partial charge in [0.05, 0.1) is 5.75 Å². The predicted octanol–water partition coefficient (Wildman–Crippen LogP) is 1.97. The van der Waals surface area contributed by atoms with Gasteiger partial charge in [-0.2, -0.15) is 4.37 Å². The summed E-state index contributed by atoms with van der Waals surface area (Å²) < 4.78 is 27.0. The molecule has 7 heteroatoms. The molecule has 0 atom stereocenters. The van der Waals surface area contributed by atoms with Gasteiger partial charge in [0, 0.05) is 36.2 Å². The lowest BCUT2D eigenvalue weighted by Crippen LogP contribution is -2.24. The van der Waals surface area contributed by atoms with Gasteiger partial charge in [0.2, 0.25) is 5.13 Å². The summed E-state index contributed by atoms with van der Waals surface area (Å²) in [7, 11) is -2.91. The van der Waals surface area contributed by atoms with Crippen LogP contribution in [0, 0.1) is 11.3 Å². The summed E-state index contributed by atoms with van der Waals surface area (Å²) in [6.45, 7) is 4.95. The third-order valence-electron chi connectivity index (χ3n) is 3.20. The van der Waals surface area contributed by atoms with Crippen LogP contribution in [0.15, 0.2) is 0 Å². The highest BCUT2D eigenvalue weighted by Gasteiger charge is 2.45. The second-order valence-corrected chi connectivity index (χ2v) is 8.93. The molecular formula is C12H21N3O2S2. The molecular weight excluding hydrogens is 282 g/mol. The van der Waals surface area contributed by atoms with Crippen LogP contribution in [0.3, 0.4) is 0 Å². The molecule has 108 valence electrons. The van der Waals surface area contributed by atoms with Gasteiger partial charge in [-0.3, -0.25) is 0 Å². The minimum atomic E-state index is -2.91. The van der Waals surface area contributed by atoms with Gasteiger partial charge in [-0.05, 0) is 18.8 Å². The van der Waals surface area contributed by atoms with Crippen molar-refractivity contribution in [3.63, 3.8) is 0 Å². The van der Waals surface area contributed by atoms with E-state index >= 15 is 0 Å². The SMILES string of the molecule is CC(C)Cc1nsc(NCC2(CS(C)(=O)=O)CC2)n1. The Balaban J connectivity index is 1.87. The van der Waals surface area contributed by atoms with E-state index in [4.69, 9.17) is 0 Å². The fourth-order valence-corrected chi connectivity index (χ4v) is 4.24. The Morgan fingerprint density at radius 3 is 2.63 bits per heavy atom. The Hall–Kier alpha value is -0.690. The van der Waals surface area contributed by atoms with E-state index in [2.05, 4.69) is 28.5 Å². The smallest absolute Gasteiger partial charge is 0.202 e. The molecule has 0 amide bonds. The fraction of sp³-hybridized carbons (Fsp3) is 0.833. The lowest BCUT2D eigenvalue weighted by Gasteiger charge is -2.13. The van der Waals surface area contributed by atoms with Crippen LogP contribution in [-0.2, 0) is 16.3 Å². The van der Waals surface area contributed by atoms with Crippen LogP contribution in [0.1, 0.15) is 32.5 Å².